The maximum absolute atomic E-state index is 12.1. The fourth-order valence-electron chi connectivity index (χ4n) is 1.31. The summed E-state index contributed by atoms with van der Waals surface area (Å²) in [6.45, 7) is 5.42. The summed E-state index contributed by atoms with van der Waals surface area (Å²) < 4.78 is 15.9. The van der Waals surface area contributed by atoms with Crippen LogP contribution in [0.4, 0.5) is 0 Å². The van der Waals surface area contributed by atoms with E-state index in [4.69, 9.17) is 0 Å². The molecule has 64 valence electrons. The van der Waals surface area contributed by atoms with E-state index < -0.39 is 7.44 Å². The van der Waals surface area contributed by atoms with E-state index in [0.717, 1.165) is 13.1 Å². The third kappa shape index (κ3) is 1.41. The van der Waals surface area contributed by atoms with E-state index in [1.54, 1.807) is 6.08 Å². The molecule has 1 fully saturated rings. The molecule has 0 N–H and O–H groups in total. The van der Waals surface area contributed by atoms with Gasteiger partial charge in [-0.25, -0.2) is 9.34 Å². The van der Waals surface area contributed by atoms with Gasteiger partial charge in [-0.3, -0.25) is 4.57 Å². The van der Waals surface area contributed by atoms with Crippen LogP contribution in [0.3, 0.4) is 0 Å². The van der Waals surface area contributed by atoms with Crippen molar-refractivity contribution in [2.45, 2.75) is 0 Å². The SMILES string of the molecule is C=CCP1(=O)N(C)CCN1C. The first kappa shape index (κ1) is 8.98. The highest BCUT2D eigenvalue weighted by Gasteiger charge is 2.36. The number of nitrogens with zero attached hydrogens (tertiary/aromatic N) is 2. The average molecular weight is 174 g/mol. The Morgan fingerprint density at radius 1 is 1.45 bits per heavy atom. The van der Waals surface area contributed by atoms with Crippen molar-refractivity contribution in [1.29, 1.82) is 0 Å². The monoisotopic (exact) mass is 174 g/mol. The summed E-state index contributed by atoms with van der Waals surface area (Å²) >= 11 is 0. The first-order valence-electron chi connectivity index (χ1n) is 3.74. The largest absolute Gasteiger partial charge is 0.288 e. The molecule has 0 aromatic rings. The Morgan fingerprint density at radius 2 is 1.91 bits per heavy atom. The lowest BCUT2D eigenvalue weighted by Gasteiger charge is -2.23. The molecule has 0 saturated carbocycles. The summed E-state index contributed by atoms with van der Waals surface area (Å²) in [5.41, 5.74) is 0. The molecule has 3 nitrogen and oxygen atoms in total. The van der Waals surface area contributed by atoms with Gasteiger partial charge in [0.25, 0.3) is 0 Å². The first-order valence-corrected chi connectivity index (χ1v) is 5.54. The Labute approximate surface area is 68.2 Å². The van der Waals surface area contributed by atoms with Crippen LogP contribution in [0.1, 0.15) is 0 Å². The Balaban J connectivity index is 2.80. The predicted molar refractivity (Wildman–Crippen MR) is 47.9 cm³/mol. The van der Waals surface area contributed by atoms with Gasteiger partial charge in [0.1, 0.15) is 0 Å². The maximum Gasteiger partial charge on any atom is 0.219 e. The van der Waals surface area contributed by atoms with Crippen LogP contribution >= 0.6 is 7.44 Å². The lowest BCUT2D eigenvalue weighted by atomic mass is 10.6. The summed E-state index contributed by atoms with van der Waals surface area (Å²) in [7, 11) is 1.62. The standard InChI is InChI=1S/C7H15N2OP/c1-4-7-11(10)8(2)5-6-9(11)3/h4H,1,5-7H2,2-3H3. The van der Waals surface area contributed by atoms with Crippen LogP contribution in [0.15, 0.2) is 12.7 Å². The summed E-state index contributed by atoms with van der Waals surface area (Å²) in [4.78, 5) is 0. The molecule has 1 heterocycles. The van der Waals surface area contributed by atoms with E-state index in [2.05, 4.69) is 6.58 Å². The Morgan fingerprint density at radius 3 is 2.27 bits per heavy atom. The minimum atomic E-state index is -2.20. The molecule has 1 saturated heterocycles. The van der Waals surface area contributed by atoms with E-state index in [-0.39, 0.29) is 0 Å². The molecule has 1 aliphatic rings. The molecule has 0 radical (unpaired) electrons. The van der Waals surface area contributed by atoms with Gasteiger partial charge in [0.2, 0.25) is 7.44 Å². The van der Waals surface area contributed by atoms with Gasteiger partial charge in [-0.1, -0.05) is 6.08 Å². The Kier molecular flexibility index (Phi) is 2.53. The molecule has 0 aromatic carbocycles. The quantitative estimate of drug-likeness (QED) is 0.465. The van der Waals surface area contributed by atoms with Gasteiger partial charge in [0.05, 0.1) is 0 Å². The molecule has 0 bridgehead atoms. The number of allylic oxidation sites excluding steroid dienone is 1. The zero-order valence-corrected chi connectivity index (χ0v) is 8.05. The summed E-state index contributed by atoms with van der Waals surface area (Å²) in [6.07, 6.45) is 2.33. The van der Waals surface area contributed by atoms with Crippen molar-refractivity contribution >= 4 is 7.44 Å². The molecule has 1 aliphatic heterocycles. The van der Waals surface area contributed by atoms with Crippen LogP contribution in [-0.4, -0.2) is 42.7 Å². The second-order valence-corrected chi connectivity index (χ2v) is 5.96. The molecule has 0 spiro atoms. The molecular formula is C7H15N2OP. The van der Waals surface area contributed by atoms with E-state index >= 15 is 0 Å². The van der Waals surface area contributed by atoms with Crippen molar-refractivity contribution in [3.8, 4) is 0 Å². The minimum absolute atomic E-state index is 0.597. The Bertz CT molecular complexity index is 191. The van der Waals surface area contributed by atoms with Crippen LogP contribution in [0.25, 0.3) is 0 Å². The fourth-order valence-corrected chi connectivity index (χ4v) is 3.53. The van der Waals surface area contributed by atoms with Gasteiger partial charge in [-0.05, 0) is 14.1 Å². The van der Waals surface area contributed by atoms with Crippen molar-refractivity contribution in [2.75, 3.05) is 33.3 Å². The number of hydrogen-bond donors (Lipinski definition) is 0. The molecule has 0 unspecified atom stereocenters. The van der Waals surface area contributed by atoms with E-state index in [9.17, 15) is 4.57 Å². The second-order valence-electron chi connectivity index (χ2n) is 2.90. The zero-order valence-electron chi connectivity index (χ0n) is 7.16. The fraction of sp³-hybridized carbons (Fsp3) is 0.714. The molecule has 0 amide bonds. The smallest absolute Gasteiger partial charge is 0.219 e. The average Bonchev–Trinajstić information content (AvgIpc) is 2.19. The van der Waals surface area contributed by atoms with Crippen molar-refractivity contribution < 1.29 is 4.57 Å². The summed E-state index contributed by atoms with van der Waals surface area (Å²) in [5, 5.41) is 0. The molecular weight excluding hydrogens is 159 g/mol. The highest BCUT2D eigenvalue weighted by atomic mass is 31.2. The van der Waals surface area contributed by atoms with Crippen molar-refractivity contribution in [3.05, 3.63) is 12.7 Å². The van der Waals surface area contributed by atoms with Gasteiger partial charge < -0.3 is 0 Å². The zero-order chi connectivity index (χ0) is 8.48. The van der Waals surface area contributed by atoms with Gasteiger partial charge in [-0.2, -0.15) is 0 Å². The highest BCUT2D eigenvalue weighted by Crippen LogP contribution is 2.54. The summed E-state index contributed by atoms with van der Waals surface area (Å²) in [5.74, 6) is 0. The lowest BCUT2D eigenvalue weighted by molar-refractivity contribution is 0.492. The number of rotatable bonds is 2. The third-order valence-corrected chi connectivity index (χ3v) is 5.45. The van der Waals surface area contributed by atoms with Crippen molar-refractivity contribution in [1.82, 2.24) is 9.34 Å². The predicted octanol–water partition coefficient (Wildman–Crippen LogP) is 1.24. The van der Waals surface area contributed by atoms with Crippen LogP contribution < -0.4 is 0 Å². The summed E-state index contributed by atoms with van der Waals surface area (Å²) in [6, 6.07) is 0. The highest BCUT2D eigenvalue weighted by molar-refractivity contribution is 7.59. The second kappa shape index (κ2) is 3.10. The van der Waals surface area contributed by atoms with Crippen LogP contribution in [-0.2, 0) is 4.57 Å². The van der Waals surface area contributed by atoms with E-state index in [1.807, 2.05) is 23.4 Å². The van der Waals surface area contributed by atoms with E-state index in [0.29, 0.717) is 6.16 Å². The molecule has 1 rings (SSSR count). The molecule has 0 aromatic heterocycles. The van der Waals surface area contributed by atoms with Gasteiger partial charge in [0, 0.05) is 19.3 Å². The topological polar surface area (TPSA) is 23.6 Å². The third-order valence-electron chi connectivity index (χ3n) is 2.18. The minimum Gasteiger partial charge on any atom is -0.288 e. The van der Waals surface area contributed by atoms with Gasteiger partial charge in [0.15, 0.2) is 0 Å². The maximum atomic E-state index is 12.1. The van der Waals surface area contributed by atoms with Gasteiger partial charge >= 0.3 is 0 Å². The molecule has 4 heteroatoms. The number of hydrogen-bond acceptors (Lipinski definition) is 1. The van der Waals surface area contributed by atoms with Crippen LogP contribution in [0, 0.1) is 0 Å². The van der Waals surface area contributed by atoms with Gasteiger partial charge in [-0.15, -0.1) is 6.58 Å². The van der Waals surface area contributed by atoms with E-state index in [1.165, 1.54) is 0 Å². The lowest BCUT2D eigenvalue weighted by Crippen LogP contribution is -2.14. The Hall–Kier alpha value is -0.110. The molecule has 11 heavy (non-hydrogen) atoms. The molecule has 0 aliphatic carbocycles. The van der Waals surface area contributed by atoms with Crippen LogP contribution in [0.5, 0.6) is 0 Å². The molecule has 0 atom stereocenters. The van der Waals surface area contributed by atoms with Crippen molar-refractivity contribution in [2.24, 2.45) is 0 Å². The first-order chi connectivity index (χ1) is 5.11. The normalized spacial score (nSPS) is 25.6. The number of likely N-dealkylation sites (N-methyl/N-ethyl adjacent to an activating group) is 2. The van der Waals surface area contributed by atoms with Crippen LogP contribution in [0.2, 0.25) is 0 Å². The van der Waals surface area contributed by atoms with Crippen molar-refractivity contribution in [3.63, 3.8) is 0 Å².